The molecule has 0 atom stereocenters. The highest BCUT2D eigenvalue weighted by Gasteiger charge is 1.88. The minimum Gasteiger partial charge on any atom is -0.0845 e. The Kier molecular flexibility index (Phi) is 9.30. The number of aryl methyl sites for hydroxylation is 1. The summed E-state index contributed by atoms with van der Waals surface area (Å²) < 4.78 is 0. The Bertz CT molecular complexity index is 435. The largest absolute Gasteiger partial charge is 0.0845 e. The van der Waals surface area contributed by atoms with Crippen molar-refractivity contribution in [3.05, 3.63) is 65.8 Å². The molecule has 1 aromatic rings. The predicted molar refractivity (Wildman–Crippen MR) is 91.9 cm³/mol. The van der Waals surface area contributed by atoms with Crippen LogP contribution in [0.15, 0.2) is 54.6 Å². The highest BCUT2D eigenvalue weighted by atomic mass is 13.9. The molecule has 0 saturated heterocycles. The molecule has 0 aliphatic heterocycles. The lowest BCUT2D eigenvalue weighted by Crippen LogP contribution is -1.76. The minimum absolute atomic E-state index is 1.20. The molecule has 108 valence electrons. The third-order valence-electron chi connectivity index (χ3n) is 3.41. The van der Waals surface area contributed by atoms with Crippen LogP contribution in [0.2, 0.25) is 0 Å². The van der Waals surface area contributed by atoms with Crippen molar-refractivity contribution in [2.75, 3.05) is 0 Å². The molecule has 1 aromatic carbocycles. The number of hydrogen-bond donors (Lipinski definition) is 0. The lowest BCUT2D eigenvalue weighted by Gasteiger charge is -1.96. The molecular formula is C20H28. The average Bonchev–Trinajstić information content (AvgIpc) is 2.46. The molecule has 0 radical (unpaired) electrons. The first-order valence-electron chi connectivity index (χ1n) is 7.90. The van der Waals surface area contributed by atoms with Crippen molar-refractivity contribution < 1.29 is 0 Å². The Labute approximate surface area is 124 Å². The summed E-state index contributed by atoms with van der Waals surface area (Å²) in [6.45, 7) is 4.40. The topological polar surface area (TPSA) is 0 Å². The molecule has 20 heavy (non-hydrogen) atoms. The van der Waals surface area contributed by atoms with Crippen molar-refractivity contribution in [3.63, 3.8) is 0 Å². The average molecular weight is 268 g/mol. The molecular weight excluding hydrogens is 240 g/mol. The zero-order valence-corrected chi connectivity index (χ0v) is 13.0. The second-order valence-corrected chi connectivity index (χ2v) is 5.23. The first kappa shape index (κ1) is 16.5. The molecule has 0 heteroatoms. The van der Waals surface area contributed by atoms with Gasteiger partial charge in [0.2, 0.25) is 0 Å². The van der Waals surface area contributed by atoms with E-state index in [0.717, 1.165) is 0 Å². The summed E-state index contributed by atoms with van der Waals surface area (Å²) in [5, 5.41) is 0. The molecule has 0 aliphatic rings. The molecule has 0 N–H and O–H groups in total. The number of rotatable bonds is 9. The van der Waals surface area contributed by atoms with Gasteiger partial charge in [0.1, 0.15) is 0 Å². The van der Waals surface area contributed by atoms with Gasteiger partial charge < -0.3 is 0 Å². The molecule has 0 spiro atoms. The number of hydrogen-bond acceptors (Lipinski definition) is 0. The van der Waals surface area contributed by atoms with Crippen LogP contribution in [0.25, 0.3) is 6.08 Å². The second-order valence-electron chi connectivity index (χ2n) is 5.23. The zero-order chi connectivity index (χ0) is 14.5. The van der Waals surface area contributed by atoms with Crippen molar-refractivity contribution in [1.82, 2.24) is 0 Å². The first-order valence-corrected chi connectivity index (χ1v) is 7.90. The number of allylic oxidation sites excluding steroid dienone is 5. The smallest absolute Gasteiger partial charge is 0.0227 e. The van der Waals surface area contributed by atoms with E-state index in [9.17, 15) is 0 Å². The zero-order valence-electron chi connectivity index (χ0n) is 13.0. The standard InChI is InChI=1S/C20H28/c1-3-4-5-6-7-8-9-10-11-12-13-17-20-18-15-14-16-19(20)2/h9-18H,3-8H2,1-2H3/b10-9+,12-11+,17-13+. The molecule has 0 amide bonds. The minimum atomic E-state index is 1.20. The summed E-state index contributed by atoms with van der Waals surface area (Å²) in [5.74, 6) is 0. The highest BCUT2D eigenvalue weighted by Crippen LogP contribution is 2.08. The molecule has 0 nitrogen and oxygen atoms in total. The van der Waals surface area contributed by atoms with Crippen LogP contribution in [0.5, 0.6) is 0 Å². The molecule has 1 rings (SSSR count). The molecule has 0 unspecified atom stereocenters. The molecule has 0 aliphatic carbocycles. The van der Waals surface area contributed by atoms with Crippen molar-refractivity contribution in [1.29, 1.82) is 0 Å². The maximum atomic E-state index is 2.27. The van der Waals surface area contributed by atoms with E-state index in [1.54, 1.807) is 0 Å². The van der Waals surface area contributed by atoms with E-state index in [2.05, 4.69) is 74.6 Å². The third-order valence-corrected chi connectivity index (χ3v) is 3.41. The van der Waals surface area contributed by atoms with Crippen LogP contribution in [-0.4, -0.2) is 0 Å². The van der Waals surface area contributed by atoms with Gasteiger partial charge in [-0.1, -0.05) is 93.3 Å². The lowest BCUT2D eigenvalue weighted by molar-refractivity contribution is 0.637. The van der Waals surface area contributed by atoms with E-state index < -0.39 is 0 Å². The maximum absolute atomic E-state index is 2.27. The summed E-state index contributed by atoms with van der Waals surface area (Å²) in [6, 6.07) is 8.44. The van der Waals surface area contributed by atoms with E-state index >= 15 is 0 Å². The van der Waals surface area contributed by atoms with Crippen molar-refractivity contribution in [2.45, 2.75) is 52.4 Å². The summed E-state index contributed by atoms with van der Waals surface area (Å²) >= 11 is 0. The van der Waals surface area contributed by atoms with Gasteiger partial charge in [-0.05, 0) is 30.9 Å². The summed E-state index contributed by atoms with van der Waals surface area (Å²) in [7, 11) is 0. The fourth-order valence-corrected chi connectivity index (χ4v) is 2.10. The molecule has 0 bridgehead atoms. The van der Waals surface area contributed by atoms with E-state index in [0.29, 0.717) is 0 Å². The van der Waals surface area contributed by atoms with E-state index in [1.165, 1.54) is 49.7 Å². The summed E-state index contributed by atoms with van der Waals surface area (Å²) in [6.07, 6.45) is 20.9. The Morgan fingerprint density at radius 3 is 2.40 bits per heavy atom. The van der Waals surface area contributed by atoms with Gasteiger partial charge in [-0.15, -0.1) is 0 Å². The Morgan fingerprint density at radius 1 is 0.850 bits per heavy atom. The van der Waals surface area contributed by atoms with Crippen molar-refractivity contribution >= 4 is 6.08 Å². The summed E-state index contributed by atoms with van der Waals surface area (Å²) in [5.41, 5.74) is 2.61. The maximum Gasteiger partial charge on any atom is -0.0227 e. The number of benzene rings is 1. The van der Waals surface area contributed by atoms with Gasteiger partial charge in [0.25, 0.3) is 0 Å². The van der Waals surface area contributed by atoms with Gasteiger partial charge >= 0.3 is 0 Å². The van der Waals surface area contributed by atoms with Gasteiger partial charge in [0, 0.05) is 0 Å². The Morgan fingerprint density at radius 2 is 1.60 bits per heavy atom. The number of unbranched alkanes of at least 4 members (excludes halogenated alkanes) is 5. The van der Waals surface area contributed by atoms with Crippen LogP contribution in [0.1, 0.15) is 56.6 Å². The van der Waals surface area contributed by atoms with Crippen LogP contribution < -0.4 is 0 Å². The third kappa shape index (κ3) is 7.78. The van der Waals surface area contributed by atoms with Gasteiger partial charge in [0.15, 0.2) is 0 Å². The van der Waals surface area contributed by atoms with E-state index in [-0.39, 0.29) is 0 Å². The molecule has 0 fully saturated rings. The van der Waals surface area contributed by atoms with Gasteiger partial charge in [0.05, 0.1) is 0 Å². The quantitative estimate of drug-likeness (QED) is 0.355. The Hall–Kier alpha value is -1.56. The van der Waals surface area contributed by atoms with E-state index in [4.69, 9.17) is 0 Å². The van der Waals surface area contributed by atoms with Crippen molar-refractivity contribution in [3.8, 4) is 0 Å². The molecule has 0 heterocycles. The van der Waals surface area contributed by atoms with Gasteiger partial charge in [-0.3, -0.25) is 0 Å². The summed E-state index contributed by atoms with van der Waals surface area (Å²) in [4.78, 5) is 0. The monoisotopic (exact) mass is 268 g/mol. The molecule has 0 saturated carbocycles. The second kappa shape index (κ2) is 11.3. The van der Waals surface area contributed by atoms with Gasteiger partial charge in [-0.25, -0.2) is 0 Å². The fraction of sp³-hybridized carbons (Fsp3) is 0.400. The normalized spacial score (nSPS) is 12.1. The highest BCUT2D eigenvalue weighted by molar-refractivity contribution is 5.54. The van der Waals surface area contributed by atoms with Crippen LogP contribution in [0.3, 0.4) is 0 Å². The van der Waals surface area contributed by atoms with Crippen LogP contribution in [-0.2, 0) is 0 Å². The fourth-order valence-electron chi connectivity index (χ4n) is 2.10. The lowest BCUT2D eigenvalue weighted by atomic mass is 10.1. The predicted octanol–water partition coefficient (Wildman–Crippen LogP) is 6.48. The van der Waals surface area contributed by atoms with Crippen molar-refractivity contribution in [2.24, 2.45) is 0 Å². The Balaban J connectivity index is 2.17. The van der Waals surface area contributed by atoms with Gasteiger partial charge in [-0.2, -0.15) is 0 Å². The SMILES string of the molecule is CCCCCCC/C=C/C=C/C=C/c1ccccc1C. The molecule has 0 aromatic heterocycles. The van der Waals surface area contributed by atoms with Crippen LogP contribution >= 0.6 is 0 Å². The van der Waals surface area contributed by atoms with Crippen LogP contribution in [0.4, 0.5) is 0 Å². The first-order chi connectivity index (χ1) is 9.84. The van der Waals surface area contributed by atoms with E-state index in [1.807, 2.05) is 0 Å². The van der Waals surface area contributed by atoms with Crippen LogP contribution in [0, 0.1) is 6.92 Å².